The molecule has 0 saturated heterocycles. The van der Waals surface area contributed by atoms with Gasteiger partial charge in [0.15, 0.2) is 5.82 Å². The van der Waals surface area contributed by atoms with Gasteiger partial charge in [0.2, 0.25) is 15.9 Å². The zero-order valence-corrected chi connectivity index (χ0v) is 20.4. The molecule has 0 bridgehead atoms. The highest BCUT2D eigenvalue weighted by Crippen LogP contribution is 2.29. The predicted octanol–water partition coefficient (Wildman–Crippen LogP) is 2.32. The summed E-state index contributed by atoms with van der Waals surface area (Å²) in [7, 11) is -3.86. The summed E-state index contributed by atoms with van der Waals surface area (Å²) in [6.07, 6.45) is 1.94. The minimum atomic E-state index is -3.86. The molecule has 0 fully saturated rings. The summed E-state index contributed by atoms with van der Waals surface area (Å²) in [5, 5.41) is 16.9. The van der Waals surface area contributed by atoms with E-state index in [1.54, 1.807) is 0 Å². The van der Waals surface area contributed by atoms with Gasteiger partial charge in [-0.3, -0.25) is 4.79 Å². The minimum Gasteiger partial charge on any atom is -0.351 e. The van der Waals surface area contributed by atoms with Crippen molar-refractivity contribution in [2.24, 2.45) is 5.73 Å². The van der Waals surface area contributed by atoms with Crippen molar-refractivity contribution in [3.63, 3.8) is 0 Å². The third-order valence-electron chi connectivity index (χ3n) is 5.41. The van der Waals surface area contributed by atoms with Crippen LogP contribution >= 0.6 is 0 Å². The average molecular weight is 486 g/mol. The predicted molar refractivity (Wildman–Crippen MR) is 131 cm³/mol. The number of rotatable bonds is 11. The van der Waals surface area contributed by atoms with E-state index in [4.69, 9.17) is 5.73 Å². The maximum Gasteiger partial charge on any atom is 0.238 e. The molecule has 0 spiro atoms. The molecule has 5 N–H and O–H groups in total. The van der Waals surface area contributed by atoms with E-state index in [-0.39, 0.29) is 12.5 Å². The zero-order chi connectivity index (χ0) is 24.8. The SMILES string of the molecule is CCCCC(NS(=O)(=O)C(C)(C)N)C(=O)NCc1ccc(-c2ccccc2-c2nnn[nH]2)cc1. The van der Waals surface area contributed by atoms with E-state index in [9.17, 15) is 13.2 Å². The number of amides is 1. The number of hydrogen-bond donors (Lipinski definition) is 4. The largest absolute Gasteiger partial charge is 0.351 e. The van der Waals surface area contributed by atoms with Gasteiger partial charge in [0.25, 0.3) is 0 Å². The lowest BCUT2D eigenvalue weighted by Gasteiger charge is -2.24. The van der Waals surface area contributed by atoms with Crippen molar-refractivity contribution in [1.82, 2.24) is 30.7 Å². The fraction of sp³-hybridized carbons (Fsp3) is 0.391. The second-order valence-electron chi connectivity index (χ2n) is 8.63. The Kier molecular flexibility index (Phi) is 8.13. The first-order valence-electron chi connectivity index (χ1n) is 11.1. The molecule has 34 heavy (non-hydrogen) atoms. The smallest absolute Gasteiger partial charge is 0.238 e. The summed E-state index contributed by atoms with van der Waals surface area (Å²) in [6.45, 7) is 5.03. The molecule has 11 heteroatoms. The van der Waals surface area contributed by atoms with Gasteiger partial charge in [0.05, 0.1) is 0 Å². The summed E-state index contributed by atoms with van der Waals surface area (Å²) >= 11 is 0. The van der Waals surface area contributed by atoms with E-state index < -0.39 is 20.9 Å². The third-order valence-corrected chi connectivity index (χ3v) is 7.39. The second-order valence-corrected chi connectivity index (χ2v) is 10.9. The van der Waals surface area contributed by atoms with E-state index in [1.165, 1.54) is 13.8 Å². The lowest BCUT2D eigenvalue weighted by atomic mass is 9.98. The number of aromatic amines is 1. The summed E-state index contributed by atoms with van der Waals surface area (Å²) in [5.74, 6) is 0.196. The summed E-state index contributed by atoms with van der Waals surface area (Å²) < 4.78 is 27.4. The van der Waals surface area contributed by atoms with Crippen LogP contribution < -0.4 is 15.8 Å². The molecule has 0 aliphatic heterocycles. The molecular formula is C23H31N7O3S. The van der Waals surface area contributed by atoms with Crippen molar-refractivity contribution in [3.8, 4) is 22.5 Å². The number of carbonyl (C=O) groups is 1. The van der Waals surface area contributed by atoms with Gasteiger partial charge in [-0.25, -0.2) is 18.2 Å². The highest BCUT2D eigenvalue weighted by molar-refractivity contribution is 7.90. The number of hydrogen-bond acceptors (Lipinski definition) is 7. The Morgan fingerprint density at radius 1 is 1.12 bits per heavy atom. The number of sulfonamides is 1. The van der Waals surface area contributed by atoms with Crippen LogP contribution in [-0.2, 0) is 21.4 Å². The molecule has 1 aromatic heterocycles. The van der Waals surface area contributed by atoms with E-state index in [1.807, 2.05) is 55.5 Å². The van der Waals surface area contributed by atoms with Crippen molar-refractivity contribution in [1.29, 1.82) is 0 Å². The van der Waals surface area contributed by atoms with Gasteiger partial charge in [-0.15, -0.1) is 5.10 Å². The fourth-order valence-electron chi connectivity index (χ4n) is 3.32. The van der Waals surface area contributed by atoms with Crippen LogP contribution in [0.15, 0.2) is 48.5 Å². The average Bonchev–Trinajstić information content (AvgIpc) is 3.34. The molecule has 1 atom stereocenters. The van der Waals surface area contributed by atoms with Crippen LogP contribution in [0.4, 0.5) is 0 Å². The van der Waals surface area contributed by atoms with Gasteiger partial charge in [-0.1, -0.05) is 68.3 Å². The van der Waals surface area contributed by atoms with Gasteiger partial charge < -0.3 is 11.1 Å². The van der Waals surface area contributed by atoms with Crippen molar-refractivity contribution in [2.75, 3.05) is 0 Å². The number of unbranched alkanes of at least 4 members (excludes halogenated alkanes) is 1. The van der Waals surface area contributed by atoms with Crippen molar-refractivity contribution in [2.45, 2.75) is 57.5 Å². The molecule has 3 aromatic rings. The molecule has 1 heterocycles. The van der Waals surface area contributed by atoms with Crippen LogP contribution in [0.25, 0.3) is 22.5 Å². The Hall–Kier alpha value is -3.15. The quantitative estimate of drug-likeness (QED) is 0.325. The number of nitrogens with one attached hydrogen (secondary N) is 3. The van der Waals surface area contributed by atoms with E-state index >= 15 is 0 Å². The summed E-state index contributed by atoms with van der Waals surface area (Å²) in [6, 6.07) is 14.6. The van der Waals surface area contributed by atoms with Gasteiger partial charge in [0.1, 0.15) is 10.9 Å². The number of tetrazole rings is 1. The van der Waals surface area contributed by atoms with Gasteiger partial charge in [-0.2, -0.15) is 0 Å². The van der Waals surface area contributed by atoms with Crippen molar-refractivity contribution < 1.29 is 13.2 Å². The molecule has 0 aliphatic rings. The summed E-state index contributed by atoms with van der Waals surface area (Å²) in [4.78, 5) is 11.3. The maximum atomic E-state index is 12.8. The molecule has 1 amide bonds. The van der Waals surface area contributed by atoms with Crippen LogP contribution in [0.5, 0.6) is 0 Å². The normalized spacial score (nSPS) is 12.9. The van der Waals surface area contributed by atoms with E-state index in [0.717, 1.165) is 28.7 Å². The number of H-pyrrole nitrogens is 1. The Morgan fingerprint density at radius 2 is 1.79 bits per heavy atom. The standard InChI is InChI=1S/C23H31N7O3S/c1-4-5-10-20(28-34(32,33)23(2,3)24)22(31)25-15-16-11-13-17(14-12-16)18-8-6-7-9-19(18)21-26-29-30-27-21/h6-9,11-14,20,28H,4-5,10,15,24H2,1-3H3,(H,25,31)(H,26,27,29,30). The van der Waals surface area contributed by atoms with Crippen molar-refractivity contribution >= 4 is 15.9 Å². The molecule has 1 unspecified atom stereocenters. The third kappa shape index (κ3) is 6.25. The molecule has 3 rings (SSSR count). The first-order chi connectivity index (χ1) is 16.1. The Balaban J connectivity index is 1.69. The number of aromatic nitrogens is 4. The lowest BCUT2D eigenvalue weighted by Crippen LogP contribution is -2.55. The molecule has 10 nitrogen and oxygen atoms in total. The van der Waals surface area contributed by atoms with Crippen LogP contribution in [0.2, 0.25) is 0 Å². The molecular weight excluding hydrogens is 454 g/mol. The number of benzene rings is 2. The Labute approximate surface area is 199 Å². The van der Waals surface area contributed by atoms with Crippen LogP contribution in [0.1, 0.15) is 45.6 Å². The number of nitrogens with zero attached hydrogens (tertiary/aromatic N) is 3. The molecule has 182 valence electrons. The topological polar surface area (TPSA) is 156 Å². The van der Waals surface area contributed by atoms with Crippen molar-refractivity contribution in [3.05, 3.63) is 54.1 Å². The van der Waals surface area contributed by atoms with Crippen LogP contribution in [-0.4, -0.2) is 45.9 Å². The number of nitrogens with two attached hydrogens (primary N) is 1. The first-order valence-corrected chi connectivity index (χ1v) is 12.6. The maximum absolute atomic E-state index is 12.8. The van der Waals surface area contributed by atoms with Gasteiger partial charge >= 0.3 is 0 Å². The monoisotopic (exact) mass is 485 g/mol. The minimum absolute atomic E-state index is 0.267. The molecule has 0 aliphatic carbocycles. The van der Waals surface area contributed by atoms with Gasteiger partial charge in [-0.05, 0) is 47.4 Å². The van der Waals surface area contributed by atoms with Crippen LogP contribution in [0, 0.1) is 0 Å². The second kappa shape index (κ2) is 10.9. The van der Waals surface area contributed by atoms with Gasteiger partial charge in [0, 0.05) is 12.1 Å². The zero-order valence-electron chi connectivity index (χ0n) is 19.6. The number of carbonyl (C=O) groups excluding carboxylic acids is 1. The Morgan fingerprint density at radius 3 is 2.38 bits per heavy atom. The van der Waals surface area contributed by atoms with E-state index in [0.29, 0.717) is 18.7 Å². The fourth-order valence-corrected chi connectivity index (χ4v) is 4.22. The van der Waals surface area contributed by atoms with Crippen LogP contribution in [0.3, 0.4) is 0 Å². The molecule has 0 saturated carbocycles. The molecule has 0 radical (unpaired) electrons. The Bertz CT molecular complexity index is 1190. The highest BCUT2D eigenvalue weighted by Gasteiger charge is 2.33. The van der Waals surface area contributed by atoms with E-state index in [2.05, 4.69) is 30.7 Å². The first kappa shape index (κ1) is 25.5. The molecule has 2 aromatic carbocycles. The highest BCUT2D eigenvalue weighted by atomic mass is 32.2. The lowest BCUT2D eigenvalue weighted by molar-refractivity contribution is -0.123. The summed E-state index contributed by atoms with van der Waals surface area (Å²) in [5.41, 5.74) is 9.46.